The molecule has 0 radical (unpaired) electrons. The van der Waals surface area contributed by atoms with Crippen molar-refractivity contribution in [3.05, 3.63) is 29.3 Å². The van der Waals surface area contributed by atoms with E-state index in [2.05, 4.69) is 11.0 Å². The van der Waals surface area contributed by atoms with E-state index >= 15 is 0 Å². The van der Waals surface area contributed by atoms with Gasteiger partial charge in [-0.15, -0.1) is 0 Å². The van der Waals surface area contributed by atoms with Crippen LogP contribution in [0.25, 0.3) is 0 Å². The van der Waals surface area contributed by atoms with Gasteiger partial charge < -0.3 is 15.1 Å². The van der Waals surface area contributed by atoms with Crippen LogP contribution in [0.15, 0.2) is 18.2 Å². The van der Waals surface area contributed by atoms with E-state index < -0.39 is 11.7 Å². The van der Waals surface area contributed by atoms with Crippen molar-refractivity contribution < 1.29 is 10.2 Å². The Morgan fingerprint density at radius 3 is 2.75 bits per heavy atom. The highest BCUT2D eigenvalue weighted by Crippen LogP contribution is 2.31. The zero-order chi connectivity index (χ0) is 14.8. The van der Waals surface area contributed by atoms with E-state index in [9.17, 15) is 10.2 Å². The molecule has 1 aromatic carbocycles. The van der Waals surface area contributed by atoms with E-state index in [0.717, 1.165) is 37.2 Å². The molecule has 1 heterocycles. The zero-order valence-electron chi connectivity index (χ0n) is 12.1. The van der Waals surface area contributed by atoms with Gasteiger partial charge in [0.05, 0.1) is 23.3 Å². The normalized spacial score (nSPS) is 24.9. The van der Waals surface area contributed by atoms with Crippen molar-refractivity contribution in [1.29, 1.82) is 5.26 Å². The molecule has 4 nitrogen and oxygen atoms in total. The predicted octanol–water partition coefficient (Wildman–Crippen LogP) is 2.35. The minimum absolute atomic E-state index is 0.568. The van der Waals surface area contributed by atoms with Crippen LogP contribution in [0.5, 0.6) is 0 Å². The maximum Gasteiger partial charge on any atom is 0.0992 e. The van der Waals surface area contributed by atoms with E-state index in [4.69, 9.17) is 5.26 Å². The Bertz CT molecular complexity index is 518. The van der Waals surface area contributed by atoms with Gasteiger partial charge in [0.15, 0.2) is 0 Å². The number of nitriles is 1. The molecule has 0 aliphatic carbocycles. The van der Waals surface area contributed by atoms with Crippen molar-refractivity contribution in [3.63, 3.8) is 0 Å². The Labute approximate surface area is 120 Å². The zero-order valence-corrected chi connectivity index (χ0v) is 12.1. The predicted molar refractivity (Wildman–Crippen MR) is 78.5 cm³/mol. The first-order valence-corrected chi connectivity index (χ1v) is 7.12. The van der Waals surface area contributed by atoms with Crippen LogP contribution >= 0.6 is 0 Å². The smallest absolute Gasteiger partial charge is 0.0992 e. The highest BCUT2D eigenvalue weighted by molar-refractivity contribution is 5.58. The molecule has 0 saturated carbocycles. The molecule has 1 aliphatic rings. The monoisotopic (exact) mass is 274 g/mol. The topological polar surface area (TPSA) is 67.5 Å². The van der Waals surface area contributed by atoms with Gasteiger partial charge in [-0.05, 0) is 45.2 Å². The first kappa shape index (κ1) is 14.8. The third-order valence-electron chi connectivity index (χ3n) is 4.01. The molecule has 0 aromatic heterocycles. The largest absolute Gasteiger partial charge is 0.390 e. The fraction of sp³-hybridized carbons (Fsp3) is 0.562. The first-order valence-electron chi connectivity index (χ1n) is 7.12. The van der Waals surface area contributed by atoms with Crippen molar-refractivity contribution in [1.82, 2.24) is 0 Å². The number of anilines is 1. The maximum absolute atomic E-state index is 10.2. The van der Waals surface area contributed by atoms with Crippen LogP contribution < -0.4 is 4.90 Å². The lowest BCUT2D eigenvalue weighted by Crippen LogP contribution is -2.29. The Morgan fingerprint density at radius 2 is 2.10 bits per heavy atom. The number of aliphatic hydroxyl groups is 2. The van der Waals surface area contributed by atoms with E-state index in [1.165, 1.54) is 0 Å². The van der Waals surface area contributed by atoms with Crippen molar-refractivity contribution >= 4 is 5.69 Å². The third kappa shape index (κ3) is 3.30. The fourth-order valence-electron chi connectivity index (χ4n) is 2.74. The van der Waals surface area contributed by atoms with Crippen LogP contribution in [0, 0.1) is 11.3 Å². The summed E-state index contributed by atoms with van der Waals surface area (Å²) < 4.78 is 0. The Kier molecular flexibility index (Phi) is 4.32. The summed E-state index contributed by atoms with van der Waals surface area (Å²) in [6.45, 7) is 5.18. The standard InChI is InChI=1S/C16H22N2O2/c1-12(19)14-5-4-13(11-17)10-15(14)18-8-3-6-16(2,20)7-9-18/h4-5,10,12,19-20H,3,6-9H2,1-2H3. The van der Waals surface area contributed by atoms with Crippen LogP contribution in [0.2, 0.25) is 0 Å². The quantitative estimate of drug-likeness (QED) is 0.868. The molecule has 1 aromatic rings. The molecule has 1 fully saturated rings. The summed E-state index contributed by atoms with van der Waals surface area (Å²) in [5.41, 5.74) is 1.73. The van der Waals surface area contributed by atoms with Crippen LogP contribution in [0.4, 0.5) is 5.69 Å². The number of rotatable bonds is 2. The molecule has 2 unspecified atom stereocenters. The Morgan fingerprint density at radius 1 is 1.35 bits per heavy atom. The van der Waals surface area contributed by atoms with Crippen molar-refractivity contribution in [2.24, 2.45) is 0 Å². The second kappa shape index (κ2) is 5.82. The minimum Gasteiger partial charge on any atom is -0.390 e. The number of nitrogens with zero attached hydrogens (tertiary/aromatic N) is 2. The molecular weight excluding hydrogens is 252 g/mol. The van der Waals surface area contributed by atoms with E-state index in [0.29, 0.717) is 12.0 Å². The second-order valence-electron chi connectivity index (χ2n) is 5.90. The van der Waals surface area contributed by atoms with Crippen molar-refractivity contribution in [2.45, 2.75) is 44.8 Å². The highest BCUT2D eigenvalue weighted by atomic mass is 16.3. The van der Waals surface area contributed by atoms with Gasteiger partial charge in [0.25, 0.3) is 0 Å². The Hall–Kier alpha value is -1.57. The number of hydrogen-bond acceptors (Lipinski definition) is 4. The lowest BCUT2D eigenvalue weighted by Gasteiger charge is -2.27. The number of hydrogen-bond donors (Lipinski definition) is 2. The number of aliphatic hydroxyl groups excluding tert-OH is 1. The van der Waals surface area contributed by atoms with E-state index in [-0.39, 0.29) is 0 Å². The highest BCUT2D eigenvalue weighted by Gasteiger charge is 2.26. The molecule has 2 N–H and O–H groups in total. The molecule has 1 saturated heterocycles. The number of benzene rings is 1. The van der Waals surface area contributed by atoms with Gasteiger partial charge in [0.2, 0.25) is 0 Å². The van der Waals surface area contributed by atoms with Gasteiger partial charge in [-0.2, -0.15) is 5.26 Å². The SMILES string of the molecule is CC(O)c1ccc(C#N)cc1N1CCCC(C)(O)CC1. The minimum atomic E-state index is -0.618. The molecule has 20 heavy (non-hydrogen) atoms. The van der Waals surface area contributed by atoms with Gasteiger partial charge in [0, 0.05) is 24.3 Å². The van der Waals surface area contributed by atoms with E-state index in [1.807, 2.05) is 19.1 Å². The molecule has 2 rings (SSSR count). The summed E-state index contributed by atoms with van der Waals surface area (Å²) in [6, 6.07) is 7.54. The second-order valence-corrected chi connectivity index (χ2v) is 5.90. The molecular formula is C16H22N2O2. The lowest BCUT2D eigenvalue weighted by molar-refractivity contribution is 0.0481. The van der Waals surface area contributed by atoms with Crippen LogP contribution in [-0.4, -0.2) is 28.9 Å². The van der Waals surface area contributed by atoms with Gasteiger partial charge >= 0.3 is 0 Å². The maximum atomic E-state index is 10.2. The summed E-state index contributed by atoms with van der Waals surface area (Å²) in [6.07, 6.45) is 1.82. The average molecular weight is 274 g/mol. The van der Waals surface area contributed by atoms with Crippen molar-refractivity contribution in [3.8, 4) is 6.07 Å². The fourth-order valence-corrected chi connectivity index (χ4v) is 2.74. The summed E-state index contributed by atoms with van der Waals surface area (Å²) in [5.74, 6) is 0. The average Bonchev–Trinajstić information content (AvgIpc) is 2.58. The van der Waals surface area contributed by atoms with Crippen LogP contribution in [0.3, 0.4) is 0 Å². The molecule has 2 atom stereocenters. The molecule has 108 valence electrons. The van der Waals surface area contributed by atoms with E-state index in [1.54, 1.807) is 13.0 Å². The molecule has 0 spiro atoms. The molecule has 0 bridgehead atoms. The first-order chi connectivity index (χ1) is 9.43. The Balaban J connectivity index is 2.33. The summed E-state index contributed by atoms with van der Waals surface area (Å²) in [4.78, 5) is 2.17. The summed E-state index contributed by atoms with van der Waals surface area (Å²) in [5, 5.41) is 29.1. The van der Waals surface area contributed by atoms with Crippen LogP contribution in [0.1, 0.15) is 50.3 Å². The molecule has 1 aliphatic heterocycles. The van der Waals surface area contributed by atoms with Crippen molar-refractivity contribution in [2.75, 3.05) is 18.0 Å². The van der Waals surface area contributed by atoms with Gasteiger partial charge in [-0.3, -0.25) is 0 Å². The van der Waals surface area contributed by atoms with Gasteiger partial charge in [-0.25, -0.2) is 0 Å². The third-order valence-corrected chi connectivity index (χ3v) is 4.01. The lowest BCUT2D eigenvalue weighted by atomic mass is 9.98. The summed E-state index contributed by atoms with van der Waals surface area (Å²) >= 11 is 0. The molecule has 0 amide bonds. The van der Waals surface area contributed by atoms with Gasteiger partial charge in [0.1, 0.15) is 0 Å². The summed E-state index contributed by atoms with van der Waals surface area (Å²) in [7, 11) is 0. The van der Waals surface area contributed by atoms with Gasteiger partial charge in [-0.1, -0.05) is 6.07 Å². The molecule has 4 heteroatoms. The van der Waals surface area contributed by atoms with Crippen LogP contribution in [-0.2, 0) is 0 Å².